The third-order valence-corrected chi connectivity index (χ3v) is 4.45. The van der Waals surface area contributed by atoms with E-state index in [0.29, 0.717) is 18.5 Å². The van der Waals surface area contributed by atoms with Crippen molar-refractivity contribution in [2.24, 2.45) is 0 Å². The molecule has 2 bridgehead atoms. The summed E-state index contributed by atoms with van der Waals surface area (Å²) in [6.45, 7) is 1.97. The lowest BCUT2D eigenvalue weighted by Gasteiger charge is -2.36. The summed E-state index contributed by atoms with van der Waals surface area (Å²) in [5, 5.41) is 12.4. The van der Waals surface area contributed by atoms with Gasteiger partial charge in [-0.2, -0.15) is 0 Å². The highest BCUT2D eigenvalue weighted by Crippen LogP contribution is 2.35. The second kappa shape index (κ2) is 5.48. The topological polar surface area (TPSA) is 69.6 Å². The van der Waals surface area contributed by atoms with Crippen molar-refractivity contribution in [3.05, 3.63) is 29.8 Å². The molecule has 2 heterocycles. The van der Waals surface area contributed by atoms with Crippen LogP contribution in [0.2, 0.25) is 0 Å². The Hall–Kier alpha value is -1.88. The van der Waals surface area contributed by atoms with Crippen LogP contribution in [0.3, 0.4) is 0 Å². The van der Waals surface area contributed by atoms with E-state index in [1.54, 1.807) is 17.0 Å². The molecule has 0 radical (unpaired) electrons. The zero-order valence-electron chi connectivity index (χ0n) is 12.1. The molecule has 5 heteroatoms. The molecular formula is C16H20N2O3. The predicted octanol–water partition coefficient (Wildman–Crippen LogP) is 1.45. The second-order valence-electron chi connectivity index (χ2n) is 6.04. The summed E-state index contributed by atoms with van der Waals surface area (Å²) < 4.78 is 0. The van der Waals surface area contributed by atoms with E-state index in [9.17, 15) is 14.7 Å². The molecule has 21 heavy (non-hydrogen) atoms. The number of rotatable bonds is 1. The molecule has 2 saturated heterocycles. The molecule has 2 unspecified atom stereocenters. The van der Waals surface area contributed by atoms with Crippen molar-refractivity contribution < 1.29 is 14.7 Å². The van der Waals surface area contributed by atoms with Crippen LogP contribution in [0.15, 0.2) is 24.3 Å². The van der Waals surface area contributed by atoms with Crippen molar-refractivity contribution >= 4 is 17.5 Å². The Balaban J connectivity index is 1.68. The lowest BCUT2D eigenvalue weighted by atomic mass is 10.00. The average molecular weight is 288 g/mol. The summed E-state index contributed by atoms with van der Waals surface area (Å²) in [6, 6.07) is 7.37. The first kappa shape index (κ1) is 14.1. The largest absolute Gasteiger partial charge is 0.393 e. The second-order valence-corrected chi connectivity index (χ2v) is 6.04. The molecule has 1 aromatic carbocycles. The number of hydrogen-bond donors (Lipinski definition) is 2. The molecule has 0 spiro atoms. The molecule has 1 aromatic rings. The van der Waals surface area contributed by atoms with Crippen molar-refractivity contribution in [3.8, 4) is 0 Å². The third-order valence-electron chi connectivity index (χ3n) is 4.45. The molecule has 2 aliphatic rings. The molecule has 112 valence electrons. The van der Waals surface area contributed by atoms with Gasteiger partial charge in [0.2, 0.25) is 0 Å². The van der Waals surface area contributed by atoms with Gasteiger partial charge in [-0.1, -0.05) is 17.7 Å². The molecule has 5 nitrogen and oxygen atoms in total. The number of nitrogens with one attached hydrogen (secondary N) is 1. The summed E-state index contributed by atoms with van der Waals surface area (Å²) in [5.41, 5.74) is 1.73. The van der Waals surface area contributed by atoms with Crippen molar-refractivity contribution in [2.45, 2.75) is 50.8 Å². The van der Waals surface area contributed by atoms with Gasteiger partial charge >= 0.3 is 11.8 Å². The number of anilines is 1. The molecule has 0 saturated carbocycles. The van der Waals surface area contributed by atoms with Crippen LogP contribution in [-0.2, 0) is 9.59 Å². The molecule has 0 aromatic heterocycles. The Morgan fingerprint density at radius 3 is 2.29 bits per heavy atom. The van der Waals surface area contributed by atoms with E-state index < -0.39 is 11.8 Å². The van der Waals surface area contributed by atoms with Gasteiger partial charge in [-0.25, -0.2) is 0 Å². The predicted molar refractivity (Wildman–Crippen MR) is 78.7 cm³/mol. The highest BCUT2D eigenvalue weighted by atomic mass is 16.3. The van der Waals surface area contributed by atoms with Gasteiger partial charge in [0, 0.05) is 17.8 Å². The number of hydrogen-bond acceptors (Lipinski definition) is 3. The molecule has 2 aliphatic heterocycles. The molecule has 0 aliphatic carbocycles. The fourth-order valence-corrected chi connectivity index (χ4v) is 3.42. The smallest absolute Gasteiger partial charge is 0.313 e. The van der Waals surface area contributed by atoms with Gasteiger partial charge in [0.05, 0.1) is 6.10 Å². The van der Waals surface area contributed by atoms with Crippen LogP contribution in [0.4, 0.5) is 5.69 Å². The van der Waals surface area contributed by atoms with Crippen LogP contribution in [0.25, 0.3) is 0 Å². The number of aliphatic hydroxyl groups is 1. The highest BCUT2D eigenvalue weighted by molar-refractivity contribution is 6.39. The van der Waals surface area contributed by atoms with Crippen molar-refractivity contribution in [3.63, 3.8) is 0 Å². The van der Waals surface area contributed by atoms with Gasteiger partial charge in [0.1, 0.15) is 0 Å². The standard InChI is InChI=1S/C16H20N2O3/c1-10-2-4-11(5-3-10)17-15(20)16(21)18-12-6-7-13(18)9-14(19)8-12/h2-5,12-14,19H,6-9H2,1H3,(H,17,20). The van der Waals surface area contributed by atoms with E-state index in [0.717, 1.165) is 18.4 Å². The summed E-state index contributed by atoms with van der Waals surface area (Å²) in [5.74, 6) is -1.07. The summed E-state index contributed by atoms with van der Waals surface area (Å²) in [7, 11) is 0. The maximum Gasteiger partial charge on any atom is 0.313 e. The van der Waals surface area contributed by atoms with Crippen LogP contribution < -0.4 is 5.32 Å². The Morgan fingerprint density at radius 2 is 1.71 bits per heavy atom. The van der Waals surface area contributed by atoms with Gasteiger partial charge in [-0.3, -0.25) is 9.59 Å². The number of aliphatic hydroxyl groups excluding tert-OH is 1. The van der Waals surface area contributed by atoms with Gasteiger partial charge in [0.15, 0.2) is 0 Å². The normalized spacial score (nSPS) is 27.5. The zero-order chi connectivity index (χ0) is 15.0. The lowest BCUT2D eigenvalue weighted by molar-refractivity contribution is -0.147. The minimum atomic E-state index is -0.591. The molecule has 2 amide bonds. The third kappa shape index (κ3) is 2.78. The minimum Gasteiger partial charge on any atom is -0.393 e. The molecule has 2 N–H and O–H groups in total. The minimum absolute atomic E-state index is 0.00928. The van der Waals surface area contributed by atoms with Crippen LogP contribution in [0.1, 0.15) is 31.2 Å². The van der Waals surface area contributed by atoms with Crippen LogP contribution in [0, 0.1) is 6.92 Å². The van der Waals surface area contributed by atoms with E-state index in [-0.39, 0.29) is 18.2 Å². The van der Waals surface area contributed by atoms with Crippen LogP contribution in [0.5, 0.6) is 0 Å². The zero-order valence-corrected chi connectivity index (χ0v) is 12.1. The summed E-state index contributed by atoms with van der Waals surface area (Å²) in [4.78, 5) is 26.2. The van der Waals surface area contributed by atoms with E-state index in [2.05, 4.69) is 5.32 Å². The summed E-state index contributed by atoms with van der Waals surface area (Å²) >= 11 is 0. The quantitative estimate of drug-likeness (QED) is 0.768. The van der Waals surface area contributed by atoms with Crippen molar-refractivity contribution in [1.29, 1.82) is 0 Å². The number of carbonyl (C=O) groups is 2. The first-order valence-corrected chi connectivity index (χ1v) is 7.43. The van der Waals surface area contributed by atoms with Gasteiger partial charge in [0.25, 0.3) is 0 Å². The Bertz CT molecular complexity index is 541. The Morgan fingerprint density at radius 1 is 1.14 bits per heavy atom. The van der Waals surface area contributed by atoms with E-state index in [4.69, 9.17) is 0 Å². The SMILES string of the molecule is Cc1ccc(NC(=O)C(=O)N2C3CCC2CC(O)C3)cc1. The number of carbonyl (C=O) groups excluding carboxylic acids is 2. The van der Waals surface area contributed by atoms with Crippen LogP contribution in [-0.4, -0.2) is 40.0 Å². The summed E-state index contributed by atoms with van der Waals surface area (Å²) in [6.07, 6.45) is 2.59. The number of piperidine rings is 1. The maximum atomic E-state index is 12.4. The van der Waals surface area contributed by atoms with Crippen molar-refractivity contribution in [2.75, 3.05) is 5.32 Å². The van der Waals surface area contributed by atoms with Crippen LogP contribution >= 0.6 is 0 Å². The Labute approximate surface area is 123 Å². The maximum absolute atomic E-state index is 12.4. The fraction of sp³-hybridized carbons (Fsp3) is 0.500. The van der Waals surface area contributed by atoms with Crippen molar-refractivity contribution in [1.82, 2.24) is 4.90 Å². The lowest BCUT2D eigenvalue weighted by Crippen LogP contribution is -2.51. The van der Waals surface area contributed by atoms with Gasteiger partial charge < -0.3 is 15.3 Å². The molecule has 2 atom stereocenters. The van der Waals surface area contributed by atoms with E-state index in [1.807, 2.05) is 19.1 Å². The average Bonchev–Trinajstić information content (AvgIpc) is 2.72. The number of aryl methyl sites for hydroxylation is 1. The number of amides is 2. The molecule has 2 fully saturated rings. The van der Waals surface area contributed by atoms with E-state index in [1.165, 1.54) is 0 Å². The first-order valence-electron chi connectivity index (χ1n) is 7.43. The number of benzene rings is 1. The fourth-order valence-electron chi connectivity index (χ4n) is 3.42. The monoisotopic (exact) mass is 288 g/mol. The molecular weight excluding hydrogens is 268 g/mol. The van der Waals surface area contributed by atoms with Gasteiger partial charge in [-0.15, -0.1) is 0 Å². The number of fused-ring (bicyclic) bond motifs is 2. The highest BCUT2D eigenvalue weighted by Gasteiger charge is 2.44. The Kier molecular flexibility index (Phi) is 3.68. The van der Waals surface area contributed by atoms with E-state index >= 15 is 0 Å². The number of nitrogens with zero attached hydrogens (tertiary/aromatic N) is 1. The first-order chi connectivity index (χ1) is 10.0. The van der Waals surface area contributed by atoms with Gasteiger partial charge in [-0.05, 0) is 44.7 Å². The molecule has 3 rings (SSSR count).